The molecule has 0 aliphatic heterocycles. The van der Waals surface area contributed by atoms with Crippen LogP contribution >= 0.6 is 0 Å². The van der Waals surface area contributed by atoms with Gasteiger partial charge in [0.05, 0.1) is 11.4 Å². The van der Waals surface area contributed by atoms with Gasteiger partial charge in [0.15, 0.2) is 0 Å². The van der Waals surface area contributed by atoms with Gasteiger partial charge in [0, 0.05) is 11.8 Å². The van der Waals surface area contributed by atoms with E-state index < -0.39 is 0 Å². The molecule has 0 spiro atoms. The molecule has 0 aliphatic carbocycles. The molecule has 4 heteroatoms. The maximum atomic E-state index is 9.23. The molecule has 0 heterocycles. The molecule has 0 saturated carbocycles. The predicted octanol–water partition coefficient (Wildman–Crippen LogP) is 3.39. The molecule has 0 bridgehead atoms. The van der Waals surface area contributed by atoms with E-state index in [0.29, 0.717) is 11.4 Å². The second kappa shape index (κ2) is 4.44. The standard InChI is InChI=1S/C12H11N3O/c13-9-4-6-10(7-5-9)14-15-11-2-1-3-12(16)8-11/h1-8,16H,13H2/b15-14+. The summed E-state index contributed by atoms with van der Waals surface area (Å²) in [5, 5.41) is 17.2. The molecule has 0 saturated heterocycles. The van der Waals surface area contributed by atoms with Gasteiger partial charge in [-0.15, -0.1) is 0 Å². The van der Waals surface area contributed by atoms with Crippen molar-refractivity contribution >= 4 is 17.1 Å². The lowest BCUT2D eigenvalue weighted by molar-refractivity contribution is 0.475. The third-order valence-electron chi connectivity index (χ3n) is 2.00. The number of rotatable bonds is 2. The van der Waals surface area contributed by atoms with Crippen LogP contribution in [0.4, 0.5) is 17.1 Å². The van der Waals surface area contributed by atoms with Crippen molar-refractivity contribution in [1.82, 2.24) is 0 Å². The Morgan fingerprint density at radius 2 is 1.56 bits per heavy atom. The summed E-state index contributed by atoms with van der Waals surface area (Å²) < 4.78 is 0. The molecule has 0 aromatic heterocycles. The van der Waals surface area contributed by atoms with E-state index in [-0.39, 0.29) is 5.75 Å². The Labute approximate surface area is 93.1 Å². The Morgan fingerprint density at radius 1 is 0.875 bits per heavy atom. The molecular formula is C12H11N3O. The van der Waals surface area contributed by atoms with E-state index in [1.807, 2.05) is 0 Å². The number of nitrogen functional groups attached to an aromatic ring is 1. The third-order valence-corrected chi connectivity index (χ3v) is 2.00. The molecule has 80 valence electrons. The summed E-state index contributed by atoms with van der Waals surface area (Å²) in [6.07, 6.45) is 0. The minimum atomic E-state index is 0.175. The summed E-state index contributed by atoms with van der Waals surface area (Å²) in [5.41, 5.74) is 7.57. The van der Waals surface area contributed by atoms with E-state index in [9.17, 15) is 5.11 Å². The highest BCUT2D eigenvalue weighted by Gasteiger charge is 1.92. The number of hydrogen-bond donors (Lipinski definition) is 2. The van der Waals surface area contributed by atoms with Crippen molar-refractivity contribution in [2.45, 2.75) is 0 Å². The first kappa shape index (κ1) is 10.2. The second-order valence-electron chi connectivity index (χ2n) is 3.31. The van der Waals surface area contributed by atoms with Crippen molar-refractivity contribution < 1.29 is 5.11 Å². The van der Waals surface area contributed by atoms with Crippen molar-refractivity contribution in [1.29, 1.82) is 0 Å². The Morgan fingerprint density at radius 3 is 2.25 bits per heavy atom. The zero-order valence-corrected chi connectivity index (χ0v) is 8.54. The van der Waals surface area contributed by atoms with E-state index >= 15 is 0 Å². The Bertz CT molecular complexity index is 506. The first-order chi connectivity index (χ1) is 7.74. The predicted molar refractivity (Wildman–Crippen MR) is 63.1 cm³/mol. The molecule has 2 aromatic rings. The SMILES string of the molecule is Nc1ccc(/N=N/c2cccc(O)c2)cc1. The molecule has 16 heavy (non-hydrogen) atoms. The van der Waals surface area contributed by atoms with E-state index in [1.54, 1.807) is 48.5 Å². The van der Waals surface area contributed by atoms with Crippen LogP contribution in [-0.4, -0.2) is 5.11 Å². The fourth-order valence-electron chi connectivity index (χ4n) is 1.21. The van der Waals surface area contributed by atoms with Crippen molar-refractivity contribution in [3.63, 3.8) is 0 Å². The minimum Gasteiger partial charge on any atom is -0.508 e. The molecule has 2 aromatic carbocycles. The van der Waals surface area contributed by atoms with Crippen molar-refractivity contribution in [3.05, 3.63) is 48.5 Å². The number of nitrogens with zero attached hydrogens (tertiary/aromatic N) is 2. The zero-order chi connectivity index (χ0) is 11.4. The molecule has 0 radical (unpaired) electrons. The summed E-state index contributed by atoms with van der Waals surface area (Å²) in [6, 6.07) is 13.7. The highest BCUT2D eigenvalue weighted by molar-refractivity contribution is 5.48. The average molecular weight is 213 g/mol. The normalized spacial score (nSPS) is 10.8. The number of phenols is 1. The van der Waals surface area contributed by atoms with Crippen LogP contribution in [0.5, 0.6) is 5.75 Å². The average Bonchev–Trinajstić information content (AvgIpc) is 2.28. The van der Waals surface area contributed by atoms with Gasteiger partial charge in [-0.1, -0.05) is 6.07 Å². The Balaban J connectivity index is 2.18. The number of azo groups is 1. The number of anilines is 1. The van der Waals surface area contributed by atoms with Crippen LogP contribution in [0, 0.1) is 0 Å². The van der Waals surface area contributed by atoms with Gasteiger partial charge in [0.25, 0.3) is 0 Å². The number of aromatic hydroxyl groups is 1. The van der Waals surface area contributed by atoms with Gasteiger partial charge in [0.1, 0.15) is 5.75 Å². The smallest absolute Gasteiger partial charge is 0.117 e. The fraction of sp³-hybridized carbons (Fsp3) is 0. The lowest BCUT2D eigenvalue weighted by Gasteiger charge is -1.95. The Kier molecular flexibility index (Phi) is 2.82. The lowest BCUT2D eigenvalue weighted by atomic mass is 10.3. The summed E-state index contributed by atoms with van der Waals surface area (Å²) in [7, 11) is 0. The number of nitrogens with two attached hydrogens (primary N) is 1. The number of phenolic OH excluding ortho intramolecular Hbond substituents is 1. The molecular weight excluding hydrogens is 202 g/mol. The topological polar surface area (TPSA) is 71.0 Å². The number of benzene rings is 2. The highest BCUT2D eigenvalue weighted by atomic mass is 16.3. The van der Waals surface area contributed by atoms with Crippen molar-refractivity contribution in [2.75, 3.05) is 5.73 Å². The quantitative estimate of drug-likeness (QED) is 0.592. The lowest BCUT2D eigenvalue weighted by Crippen LogP contribution is -1.80. The molecule has 3 N–H and O–H groups in total. The largest absolute Gasteiger partial charge is 0.508 e. The summed E-state index contributed by atoms with van der Waals surface area (Å²) in [5.74, 6) is 0.175. The van der Waals surface area contributed by atoms with E-state index in [0.717, 1.165) is 5.69 Å². The van der Waals surface area contributed by atoms with Gasteiger partial charge < -0.3 is 10.8 Å². The van der Waals surface area contributed by atoms with E-state index in [4.69, 9.17) is 5.73 Å². The summed E-state index contributed by atoms with van der Waals surface area (Å²) >= 11 is 0. The second-order valence-corrected chi connectivity index (χ2v) is 3.31. The zero-order valence-electron chi connectivity index (χ0n) is 8.54. The van der Waals surface area contributed by atoms with E-state index in [2.05, 4.69) is 10.2 Å². The molecule has 0 fully saturated rings. The minimum absolute atomic E-state index is 0.175. The van der Waals surface area contributed by atoms with Gasteiger partial charge in [-0.05, 0) is 36.4 Å². The monoisotopic (exact) mass is 213 g/mol. The van der Waals surface area contributed by atoms with Crippen LogP contribution < -0.4 is 5.73 Å². The van der Waals surface area contributed by atoms with Gasteiger partial charge in [-0.2, -0.15) is 10.2 Å². The molecule has 2 rings (SSSR count). The van der Waals surface area contributed by atoms with Gasteiger partial charge >= 0.3 is 0 Å². The molecule has 0 amide bonds. The molecule has 0 unspecified atom stereocenters. The van der Waals surface area contributed by atoms with Gasteiger partial charge in [-0.3, -0.25) is 0 Å². The maximum absolute atomic E-state index is 9.23. The van der Waals surface area contributed by atoms with Crippen LogP contribution in [0.25, 0.3) is 0 Å². The van der Waals surface area contributed by atoms with Gasteiger partial charge in [-0.25, -0.2) is 0 Å². The number of hydrogen-bond acceptors (Lipinski definition) is 4. The maximum Gasteiger partial charge on any atom is 0.117 e. The first-order valence-corrected chi connectivity index (χ1v) is 4.80. The molecule has 4 nitrogen and oxygen atoms in total. The van der Waals surface area contributed by atoms with Crippen LogP contribution in [0.1, 0.15) is 0 Å². The third kappa shape index (κ3) is 2.57. The van der Waals surface area contributed by atoms with Crippen molar-refractivity contribution in [2.24, 2.45) is 10.2 Å². The van der Waals surface area contributed by atoms with Crippen molar-refractivity contribution in [3.8, 4) is 5.75 Å². The van der Waals surface area contributed by atoms with E-state index in [1.165, 1.54) is 0 Å². The van der Waals surface area contributed by atoms with Crippen LogP contribution in [0.3, 0.4) is 0 Å². The van der Waals surface area contributed by atoms with Gasteiger partial charge in [0.2, 0.25) is 0 Å². The summed E-state index contributed by atoms with van der Waals surface area (Å²) in [6.45, 7) is 0. The van der Waals surface area contributed by atoms with Crippen LogP contribution in [0.2, 0.25) is 0 Å². The highest BCUT2D eigenvalue weighted by Crippen LogP contribution is 2.22. The van der Waals surface area contributed by atoms with Crippen LogP contribution in [0.15, 0.2) is 58.8 Å². The fourth-order valence-corrected chi connectivity index (χ4v) is 1.21. The summed E-state index contributed by atoms with van der Waals surface area (Å²) in [4.78, 5) is 0. The molecule has 0 atom stereocenters. The van der Waals surface area contributed by atoms with Crippen LogP contribution in [-0.2, 0) is 0 Å². The Hall–Kier alpha value is -2.36. The molecule has 0 aliphatic rings. The first-order valence-electron chi connectivity index (χ1n) is 4.80.